The first kappa shape index (κ1) is 17.5. The Hall–Kier alpha value is -1.27. The second-order valence-electron chi connectivity index (χ2n) is 7.56. The molecule has 3 rings (SSSR count). The molecule has 0 bridgehead atoms. The maximum absolute atomic E-state index is 11.6. The van der Waals surface area contributed by atoms with Crippen molar-refractivity contribution in [2.24, 2.45) is 11.8 Å². The molecule has 3 aliphatic rings. The molecule has 1 aliphatic heterocycles. The highest BCUT2D eigenvalue weighted by Crippen LogP contribution is 2.46. The van der Waals surface area contributed by atoms with Gasteiger partial charge in [0.25, 0.3) is 0 Å². The third-order valence-electron chi connectivity index (χ3n) is 6.22. The van der Waals surface area contributed by atoms with Gasteiger partial charge >= 0.3 is 5.97 Å². The molecule has 6 heteroatoms. The number of aliphatic hydroxyl groups excluding tert-OH is 3. The minimum absolute atomic E-state index is 0.0846. The van der Waals surface area contributed by atoms with Crippen LogP contribution in [0.15, 0.2) is 11.5 Å². The Labute approximate surface area is 142 Å². The number of rotatable bonds is 4. The van der Waals surface area contributed by atoms with Gasteiger partial charge in [0.05, 0.1) is 0 Å². The summed E-state index contributed by atoms with van der Waals surface area (Å²) in [5, 5.41) is 42.1. The number of cyclic esters (lactones) is 1. The lowest BCUT2D eigenvalue weighted by molar-refractivity contribution is -0.198. The third-order valence-corrected chi connectivity index (χ3v) is 6.22. The Balaban J connectivity index is 1.90. The molecule has 0 aromatic carbocycles. The van der Waals surface area contributed by atoms with Crippen molar-refractivity contribution in [1.29, 1.82) is 0 Å². The van der Waals surface area contributed by atoms with Gasteiger partial charge in [0.1, 0.15) is 11.7 Å². The summed E-state index contributed by atoms with van der Waals surface area (Å²) in [6.07, 6.45) is 6.73. The van der Waals surface area contributed by atoms with Crippen LogP contribution in [0.1, 0.15) is 64.2 Å². The molecular weight excluding hydrogens is 312 g/mol. The molecule has 0 unspecified atom stereocenters. The Morgan fingerprint density at radius 1 is 0.917 bits per heavy atom. The molecule has 1 heterocycles. The van der Waals surface area contributed by atoms with Gasteiger partial charge in [0.15, 0.2) is 11.9 Å². The number of carbonyl (C=O) groups excluding carboxylic acids is 1. The Morgan fingerprint density at radius 3 is 1.75 bits per heavy atom. The molecular formula is C18H28O6. The maximum Gasteiger partial charge on any atom is 0.377 e. The Morgan fingerprint density at radius 2 is 1.38 bits per heavy atom. The van der Waals surface area contributed by atoms with Crippen LogP contribution in [0, 0.1) is 11.8 Å². The molecule has 2 aliphatic carbocycles. The molecule has 0 amide bonds. The summed E-state index contributed by atoms with van der Waals surface area (Å²) >= 11 is 0. The highest BCUT2D eigenvalue weighted by atomic mass is 16.6. The smallest absolute Gasteiger partial charge is 0.377 e. The molecule has 0 spiro atoms. The lowest BCUT2D eigenvalue weighted by atomic mass is 9.63. The molecule has 2 fully saturated rings. The summed E-state index contributed by atoms with van der Waals surface area (Å²) in [4.78, 5) is 11.5. The van der Waals surface area contributed by atoms with E-state index in [1.54, 1.807) is 0 Å². The number of ether oxygens (including phenoxy) is 1. The molecule has 0 aromatic heterocycles. The van der Waals surface area contributed by atoms with Gasteiger partial charge in [-0.2, -0.15) is 0 Å². The summed E-state index contributed by atoms with van der Waals surface area (Å²) in [5.74, 6) is -2.75. The van der Waals surface area contributed by atoms with Crippen molar-refractivity contribution in [2.45, 2.75) is 82.0 Å². The summed E-state index contributed by atoms with van der Waals surface area (Å²) in [6, 6.07) is 0. The van der Waals surface area contributed by atoms with Crippen LogP contribution < -0.4 is 0 Å². The largest absolute Gasteiger partial charge is 0.505 e. The van der Waals surface area contributed by atoms with Gasteiger partial charge in [0, 0.05) is 0 Å². The first-order valence-corrected chi connectivity index (χ1v) is 9.19. The van der Waals surface area contributed by atoms with Gasteiger partial charge in [0.2, 0.25) is 5.76 Å². The predicted octanol–water partition coefficient (Wildman–Crippen LogP) is 2.49. The van der Waals surface area contributed by atoms with Crippen LogP contribution in [-0.2, 0) is 9.53 Å². The molecule has 24 heavy (non-hydrogen) atoms. The van der Waals surface area contributed by atoms with Crippen LogP contribution in [0.25, 0.3) is 0 Å². The minimum Gasteiger partial charge on any atom is -0.505 e. The van der Waals surface area contributed by atoms with Gasteiger partial charge in [-0.25, -0.2) is 4.79 Å². The van der Waals surface area contributed by atoms with E-state index in [2.05, 4.69) is 0 Å². The van der Waals surface area contributed by atoms with E-state index < -0.39 is 35.3 Å². The van der Waals surface area contributed by atoms with Crippen molar-refractivity contribution >= 4 is 5.97 Å². The number of carbonyl (C=O) groups is 1. The van der Waals surface area contributed by atoms with E-state index in [-0.39, 0.29) is 11.8 Å². The average Bonchev–Trinajstić information content (AvgIpc) is 2.89. The zero-order valence-electron chi connectivity index (χ0n) is 14.0. The van der Waals surface area contributed by atoms with Gasteiger partial charge in [-0.15, -0.1) is 0 Å². The predicted molar refractivity (Wildman–Crippen MR) is 86.3 cm³/mol. The van der Waals surface area contributed by atoms with Gasteiger partial charge in [-0.05, 0) is 37.5 Å². The van der Waals surface area contributed by atoms with Crippen molar-refractivity contribution in [3.8, 4) is 0 Å². The second kappa shape index (κ2) is 6.92. The Kier molecular flexibility index (Phi) is 5.06. The van der Waals surface area contributed by atoms with Gasteiger partial charge < -0.3 is 25.2 Å². The van der Waals surface area contributed by atoms with Crippen molar-refractivity contribution < 1.29 is 30.0 Å². The van der Waals surface area contributed by atoms with Crippen molar-refractivity contribution in [3.63, 3.8) is 0 Å². The van der Waals surface area contributed by atoms with Crippen molar-refractivity contribution in [2.75, 3.05) is 0 Å². The van der Waals surface area contributed by atoms with Gasteiger partial charge in [-0.3, -0.25) is 0 Å². The molecule has 6 nitrogen and oxygen atoms in total. The van der Waals surface area contributed by atoms with E-state index in [1.807, 2.05) is 0 Å². The summed E-state index contributed by atoms with van der Waals surface area (Å²) in [5.41, 5.74) is -1.41. The van der Waals surface area contributed by atoms with E-state index in [9.17, 15) is 25.2 Å². The fourth-order valence-electron chi connectivity index (χ4n) is 4.87. The van der Waals surface area contributed by atoms with E-state index in [0.29, 0.717) is 0 Å². The van der Waals surface area contributed by atoms with Crippen LogP contribution >= 0.6 is 0 Å². The standard InChI is InChI=1S/C18H28O6/c19-13-14(20)17(22)24-15(13)16(21)18(23,11-7-3-1-4-8-11)12-9-5-2-6-10-12/h11-12,15-16,19-21,23H,1-10H2/t15-,16+/m0/s1. The fourth-order valence-corrected chi connectivity index (χ4v) is 4.87. The molecule has 0 saturated heterocycles. The van der Waals surface area contributed by atoms with Crippen molar-refractivity contribution in [1.82, 2.24) is 0 Å². The topological polar surface area (TPSA) is 107 Å². The number of esters is 1. The zero-order chi connectivity index (χ0) is 17.3. The van der Waals surface area contributed by atoms with Crippen LogP contribution in [0.4, 0.5) is 0 Å². The number of aliphatic hydroxyl groups is 4. The van der Waals surface area contributed by atoms with E-state index >= 15 is 0 Å². The van der Waals surface area contributed by atoms with E-state index in [4.69, 9.17) is 4.74 Å². The zero-order valence-corrected chi connectivity index (χ0v) is 14.0. The fraction of sp³-hybridized carbons (Fsp3) is 0.833. The van der Waals surface area contributed by atoms with Crippen LogP contribution in [-0.4, -0.2) is 44.2 Å². The Bertz CT molecular complexity index is 484. The lowest BCUT2D eigenvalue weighted by Crippen LogP contribution is -2.59. The average molecular weight is 340 g/mol. The summed E-state index contributed by atoms with van der Waals surface area (Å²) in [6.45, 7) is 0. The monoisotopic (exact) mass is 340 g/mol. The quantitative estimate of drug-likeness (QED) is 0.586. The van der Waals surface area contributed by atoms with Crippen molar-refractivity contribution in [3.05, 3.63) is 11.5 Å². The first-order valence-electron chi connectivity index (χ1n) is 9.19. The minimum atomic E-state index is -1.43. The summed E-state index contributed by atoms with van der Waals surface area (Å²) < 4.78 is 4.95. The normalized spacial score (nSPS) is 28.9. The second-order valence-corrected chi connectivity index (χ2v) is 7.56. The van der Waals surface area contributed by atoms with Gasteiger partial charge in [-0.1, -0.05) is 38.5 Å². The molecule has 2 saturated carbocycles. The highest BCUT2D eigenvalue weighted by Gasteiger charge is 2.55. The van der Waals surface area contributed by atoms with Crippen LogP contribution in [0.3, 0.4) is 0 Å². The third kappa shape index (κ3) is 2.90. The first-order chi connectivity index (χ1) is 11.5. The molecule has 2 atom stereocenters. The molecule has 0 radical (unpaired) electrons. The molecule has 136 valence electrons. The van der Waals surface area contributed by atoms with E-state index in [1.165, 1.54) is 0 Å². The summed E-state index contributed by atoms with van der Waals surface area (Å²) in [7, 11) is 0. The highest BCUT2D eigenvalue weighted by molar-refractivity contribution is 5.89. The number of hydrogen-bond donors (Lipinski definition) is 4. The van der Waals surface area contributed by atoms with Crippen LogP contribution in [0.2, 0.25) is 0 Å². The lowest BCUT2D eigenvalue weighted by Gasteiger charge is -2.49. The SMILES string of the molecule is O=C1O[C@H]([C@@H](O)C(O)(C2CCCCC2)C2CCCCC2)C(O)=C1O. The number of hydrogen-bond acceptors (Lipinski definition) is 6. The van der Waals surface area contributed by atoms with Crippen LogP contribution in [0.5, 0.6) is 0 Å². The maximum atomic E-state index is 11.6. The van der Waals surface area contributed by atoms with E-state index in [0.717, 1.165) is 64.2 Å². The molecule has 4 N–H and O–H groups in total. The molecule has 0 aromatic rings.